The Morgan fingerprint density at radius 2 is 1.88 bits per heavy atom. The van der Waals surface area contributed by atoms with Crippen molar-refractivity contribution in [3.05, 3.63) is 45.8 Å². The third kappa shape index (κ3) is 4.70. The maximum Gasteiger partial charge on any atom is 0.256 e. The van der Waals surface area contributed by atoms with E-state index in [2.05, 4.69) is 17.1 Å². The zero-order chi connectivity index (χ0) is 23.8. The Bertz CT molecular complexity index is 1150. The van der Waals surface area contributed by atoms with Crippen molar-refractivity contribution < 1.29 is 18.0 Å². The zero-order valence-electron chi connectivity index (χ0n) is 19.0. The van der Waals surface area contributed by atoms with Gasteiger partial charge in [0.25, 0.3) is 11.8 Å². The lowest BCUT2D eigenvalue weighted by Gasteiger charge is -2.25. The van der Waals surface area contributed by atoms with Gasteiger partial charge < -0.3 is 11.1 Å². The number of anilines is 1. The second-order valence-electron chi connectivity index (χ2n) is 8.63. The topological polar surface area (TPSA) is 113 Å². The number of nitrogens with zero attached hydrogens (tertiary/aromatic N) is 2. The number of carbonyl (C=O) groups is 2. The van der Waals surface area contributed by atoms with Gasteiger partial charge >= 0.3 is 0 Å². The van der Waals surface area contributed by atoms with Crippen LogP contribution in [0, 0.1) is 0 Å². The van der Waals surface area contributed by atoms with E-state index >= 15 is 0 Å². The monoisotopic (exact) mass is 490 g/mol. The normalized spacial score (nSPS) is 17.3. The molecule has 1 aliphatic carbocycles. The third-order valence-electron chi connectivity index (χ3n) is 6.69. The van der Waals surface area contributed by atoms with Crippen molar-refractivity contribution in [2.75, 3.05) is 25.5 Å². The molecule has 0 atom stereocenters. The van der Waals surface area contributed by atoms with Crippen LogP contribution in [0.5, 0.6) is 0 Å². The standard InChI is InChI=1S/C23H30N4O4S2/c1-3-27-13-12-18-19(14-27)32-23(20(18)21(24)28)25-22(29)15-8-10-17(11-9-15)33(30,31)26(2)16-6-4-5-7-16/h8-11,16H,3-7,12-14H2,1-2H3,(H2,24,28)(H,25,29). The van der Waals surface area contributed by atoms with Crippen LogP contribution in [-0.4, -0.2) is 55.6 Å². The minimum absolute atomic E-state index is 0.0266. The van der Waals surface area contributed by atoms with Crippen molar-refractivity contribution in [1.29, 1.82) is 0 Å². The number of nitrogens with two attached hydrogens (primary N) is 1. The molecule has 0 saturated heterocycles. The fourth-order valence-electron chi connectivity index (χ4n) is 4.66. The van der Waals surface area contributed by atoms with Crippen LogP contribution >= 0.6 is 11.3 Å². The minimum Gasteiger partial charge on any atom is -0.365 e. The Kier molecular flexibility index (Phi) is 6.90. The minimum atomic E-state index is -3.61. The van der Waals surface area contributed by atoms with Crippen LogP contribution in [0.15, 0.2) is 29.2 Å². The number of fused-ring (bicyclic) bond motifs is 1. The highest BCUT2D eigenvalue weighted by Gasteiger charge is 2.30. The Morgan fingerprint density at radius 1 is 1.21 bits per heavy atom. The second kappa shape index (κ2) is 9.54. The number of benzene rings is 1. The van der Waals surface area contributed by atoms with E-state index in [4.69, 9.17) is 5.73 Å². The quantitative estimate of drug-likeness (QED) is 0.619. The molecule has 10 heteroatoms. The maximum atomic E-state index is 12.9. The summed E-state index contributed by atoms with van der Waals surface area (Å²) in [6, 6.07) is 5.95. The molecule has 178 valence electrons. The van der Waals surface area contributed by atoms with Crippen molar-refractivity contribution in [3.63, 3.8) is 0 Å². The highest BCUT2D eigenvalue weighted by Crippen LogP contribution is 2.37. The van der Waals surface area contributed by atoms with E-state index in [1.165, 1.54) is 39.9 Å². The van der Waals surface area contributed by atoms with Crippen LogP contribution in [0.3, 0.4) is 0 Å². The van der Waals surface area contributed by atoms with E-state index in [1.807, 2.05) is 0 Å². The van der Waals surface area contributed by atoms with Crippen LogP contribution in [0.2, 0.25) is 0 Å². The summed E-state index contributed by atoms with van der Waals surface area (Å²) in [4.78, 5) is 28.5. The molecule has 2 aromatic rings. The zero-order valence-corrected chi connectivity index (χ0v) is 20.6. The second-order valence-corrected chi connectivity index (χ2v) is 11.7. The van der Waals surface area contributed by atoms with E-state index in [1.54, 1.807) is 7.05 Å². The number of amides is 2. The number of hydrogen-bond acceptors (Lipinski definition) is 6. The summed E-state index contributed by atoms with van der Waals surface area (Å²) in [6.45, 7) is 4.58. The van der Waals surface area contributed by atoms with E-state index < -0.39 is 21.8 Å². The first-order valence-electron chi connectivity index (χ1n) is 11.3. The Morgan fingerprint density at radius 3 is 2.48 bits per heavy atom. The van der Waals surface area contributed by atoms with Crippen molar-refractivity contribution in [2.45, 2.75) is 56.5 Å². The van der Waals surface area contributed by atoms with Gasteiger partial charge in [0.15, 0.2) is 0 Å². The summed E-state index contributed by atoms with van der Waals surface area (Å²) in [6.07, 6.45) is 4.55. The summed E-state index contributed by atoms with van der Waals surface area (Å²) in [7, 11) is -1.99. The molecule has 4 rings (SSSR count). The van der Waals surface area contributed by atoms with Crippen LogP contribution in [0.1, 0.15) is 63.8 Å². The molecule has 2 amide bonds. The van der Waals surface area contributed by atoms with Gasteiger partial charge in [0.1, 0.15) is 5.00 Å². The molecular formula is C23H30N4O4S2. The average Bonchev–Trinajstić information content (AvgIpc) is 3.45. The molecule has 2 heterocycles. The predicted octanol–water partition coefficient (Wildman–Crippen LogP) is 3.04. The van der Waals surface area contributed by atoms with Gasteiger partial charge in [0, 0.05) is 36.6 Å². The van der Waals surface area contributed by atoms with Crippen LogP contribution in [0.4, 0.5) is 5.00 Å². The molecule has 0 bridgehead atoms. The van der Waals surface area contributed by atoms with Crippen molar-refractivity contribution >= 4 is 38.2 Å². The number of primary amides is 1. The lowest BCUT2D eigenvalue weighted by atomic mass is 10.0. The third-order valence-corrected chi connectivity index (χ3v) is 9.75. The average molecular weight is 491 g/mol. The molecular weight excluding hydrogens is 460 g/mol. The van der Waals surface area contributed by atoms with Gasteiger partial charge in [0.05, 0.1) is 10.5 Å². The summed E-state index contributed by atoms with van der Waals surface area (Å²) < 4.78 is 27.3. The van der Waals surface area contributed by atoms with Crippen LogP contribution in [-0.2, 0) is 23.0 Å². The molecule has 1 saturated carbocycles. The summed E-state index contributed by atoms with van der Waals surface area (Å²) >= 11 is 1.38. The summed E-state index contributed by atoms with van der Waals surface area (Å²) in [5.74, 6) is -0.958. The number of likely N-dealkylation sites (N-methyl/N-ethyl adjacent to an activating group) is 1. The van der Waals surface area contributed by atoms with Gasteiger partial charge in [-0.05, 0) is 55.6 Å². The number of carbonyl (C=O) groups excluding carboxylic acids is 2. The molecule has 33 heavy (non-hydrogen) atoms. The number of rotatable bonds is 7. The van der Waals surface area contributed by atoms with E-state index in [-0.39, 0.29) is 10.9 Å². The van der Waals surface area contributed by atoms with Crippen molar-refractivity contribution in [3.8, 4) is 0 Å². The number of hydrogen-bond donors (Lipinski definition) is 2. The summed E-state index contributed by atoms with van der Waals surface area (Å²) in [5, 5.41) is 3.28. The predicted molar refractivity (Wildman–Crippen MR) is 129 cm³/mol. The molecule has 0 radical (unpaired) electrons. The van der Waals surface area contributed by atoms with Gasteiger partial charge in [-0.25, -0.2) is 8.42 Å². The Labute approximate surface area is 198 Å². The molecule has 1 aliphatic heterocycles. The highest BCUT2D eigenvalue weighted by molar-refractivity contribution is 7.89. The lowest BCUT2D eigenvalue weighted by Crippen LogP contribution is -2.35. The fourth-order valence-corrected chi connectivity index (χ4v) is 7.37. The largest absolute Gasteiger partial charge is 0.365 e. The first-order valence-corrected chi connectivity index (χ1v) is 13.5. The molecule has 2 aliphatic rings. The molecule has 1 fully saturated rings. The smallest absolute Gasteiger partial charge is 0.256 e. The molecule has 0 spiro atoms. The SMILES string of the molecule is CCN1CCc2c(sc(NC(=O)c3ccc(S(=O)(=O)N(C)C4CCCC4)cc3)c2C(N)=O)C1. The van der Waals surface area contributed by atoms with Gasteiger partial charge in [-0.1, -0.05) is 19.8 Å². The molecule has 8 nitrogen and oxygen atoms in total. The molecule has 1 aromatic heterocycles. The van der Waals surface area contributed by atoms with E-state index in [0.717, 1.165) is 62.2 Å². The molecule has 0 unspecified atom stereocenters. The van der Waals surface area contributed by atoms with Crippen LogP contribution in [0.25, 0.3) is 0 Å². The van der Waals surface area contributed by atoms with E-state index in [0.29, 0.717) is 16.1 Å². The molecule has 3 N–H and O–H groups in total. The Hall–Kier alpha value is -2.27. The first-order chi connectivity index (χ1) is 15.7. The summed E-state index contributed by atoms with van der Waals surface area (Å²) in [5.41, 5.74) is 7.26. The maximum absolute atomic E-state index is 12.9. The first kappa shape index (κ1) is 23.9. The Balaban J connectivity index is 1.53. The van der Waals surface area contributed by atoms with Crippen LogP contribution < -0.4 is 11.1 Å². The highest BCUT2D eigenvalue weighted by atomic mass is 32.2. The van der Waals surface area contributed by atoms with Crippen molar-refractivity contribution in [2.24, 2.45) is 5.73 Å². The number of sulfonamides is 1. The molecule has 1 aromatic carbocycles. The fraction of sp³-hybridized carbons (Fsp3) is 0.478. The van der Waals surface area contributed by atoms with Gasteiger partial charge in [-0.3, -0.25) is 14.5 Å². The van der Waals surface area contributed by atoms with Gasteiger partial charge in [0.2, 0.25) is 10.0 Å². The number of nitrogens with one attached hydrogen (secondary N) is 1. The van der Waals surface area contributed by atoms with Gasteiger partial charge in [-0.15, -0.1) is 11.3 Å². The number of thiophene rings is 1. The van der Waals surface area contributed by atoms with Crippen molar-refractivity contribution in [1.82, 2.24) is 9.21 Å². The van der Waals surface area contributed by atoms with E-state index in [9.17, 15) is 18.0 Å². The van der Waals surface area contributed by atoms with Gasteiger partial charge in [-0.2, -0.15) is 4.31 Å². The lowest BCUT2D eigenvalue weighted by molar-refractivity contribution is 0.1000.